The number of rotatable bonds is 3. The molecule has 1 atom stereocenters. The highest BCUT2D eigenvalue weighted by atomic mass is 32.2. The van der Waals surface area contributed by atoms with Crippen LogP contribution in [0.5, 0.6) is 0 Å². The van der Waals surface area contributed by atoms with E-state index in [-0.39, 0.29) is 5.24 Å². The summed E-state index contributed by atoms with van der Waals surface area (Å²) in [4.78, 5) is 31.8. The fourth-order valence-corrected chi connectivity index (χ4v) is 1.59. The Morgan fingerprint density at radius 2 is 2.38 bits per heavy atom. The monoisotopic (exact) mass is 204 g/mol. The van der Waals surface area contributed by atoms with Crippen LogP contribution in [0.4, 0.5) is 4.79 Å². The third-order valence-corrected chi connectivity index (χ3v) is 2.28. The van der Waals surface area contributed by atoms with Gasteiger partial charge in [0.1, 0.15) is 12.6 Å². The molecule has 0 aromatic heterocycles. The molecule has 0 aromatic carbocycles. The Hall–Kier alpha value is -1.24. The molecule has 0 spiro atoms. The average Bonchev–Trinajstić information content (AvgIpc) is 2.47. The van der Waals surface area contributed by atoms with Crippen molar-refractivity contribution in [2.45, 2.75) is 6.04 Å². The maximum atomic E-state index is 11.1. The van der Waals surface area contributed by atoms with Gasteiger partial charge in [0.2, 0.25) is 5.91 Å². The lowest BCUT2D eigenvalue weighted by Gasteiger charge is -2.07. The fourth-order valence-electron chi connectivity index (χ4n) is 0.812. The molecule has 7 heteroatoms. The third kappa shape index (κ3) is 2.94. The molecule has 1 aliphatic rings. The quantitative estimate of drug-likeness (QED) is 0.548. The number of carbonyl (C=O) groups excluding carboxylic acids is 2. The first-order chi connectivity index (χ1) is 6.09. The minimum absolute atomic E-state index is 0.254. The second-order valence-corrected chi connectivity index (χ2v) is 3.40. The normalized spacial score (nSPS) is 20.9. The number of carboxylic acids is 1. The summed E-state index contributed by atoms with van der Waals surface area (Å²) in [6.07, 6.45) is 0. The van der Waals surface area contributed by atoms with Crippen molar-refractivity contribution in [2.75, 3.05) is 12.3 Å². The first kappa shape index (κ1) is 9.85. The molecule has 1 saturated heterocycles. The molecule has 0 aromatic rings. The van der Waals surface area contributed by atoms with E-state index < -0.39 is 24.5 Å². The predicted molar refractivity (Wildman–Crippen MR) is 45.4 cm³/mol. The highest BCUT2D eigenvalue weighted by molar-refractivity contribution is 8.14. The standard InChI is InChI=1S/C6H8N2O4S/c9-4(10)1-7-5(11)3-2-13-6(12)8-3/h3H,1-2H2,(H,7,11)(H,8,12)(H,9,10). The van der Waals surface area contributed by atoms with Crippen LogP contribution in [0.1, 0.15) is 0 Å². The minimum atomic E-state index is -1.11. The average molecular weight is 204 g/mol. The zero-order chi connectivity index (χ0) is 9.84. The molecule has 6 nitrogen and oxygen atoms in total. The van der Waals surface area contributed by atoms with Gasteiger partial charge in [0.15, 0.2) is 0 Å². The van der Waals surface area contributed by atoms with Crippen molar-refractivity contribution in [2.24, 2.45) is 0 Å². The van der Waals surface area contributed by atoms with Crippen molar-refractivity contribution in [1.82, 2.24) is 10.6 Å². The molecule has 13 heavy (non-hydrogen) atoms. The number of carbonyl (C=O) groups is 3. The number of nitrogens with one attached hydrogen (secondary N) is 2. The van der Waals surface area contributed by atoms with Gasteiger partial charge >= 0.3 is 5.97 Å². The van der Waals surface area contributed by atoms with Crippen LogP contribution in [0.2, 0.25) is 0 Å². The first-order valence-corrected chi connectivity index (χ1v) is 4.51. The number of aliphatic carboxylic acids is 1. The van der Waals surface area contributed by atoms with E-state index >= 15 is 0 Å². The van der Waals surface area contributed by atoms with Crippen LogP contribution in [0.25, 0.3) is 0 Å². The van der Waals surface area contributed by atoms with E-state index in [9.17, 15) is 14.4 Å². The van der Waals surface area contributed by atoms with Crippen LogP contribution in [-0.2, 0) is 9.59 Å². The van der Waals surface area contributed by atoms with E-state index in [1.54, 1.807) is 0 Å². The molecule has 1 heterocycles. The van der Waals surface area contributed by atoms with E-state index in [4.69, 9.17) is 5.11 Å². The van der Waals surface area contributed by atoms with Gasteiger partial charge in [-0.2, -0.15) is 0 Å². The molecule has 2 amide bonds. The molecule has 0 bridgehead atoms. The summed E-state index contributed by atoms with van der Waals surface area (Å²) in [7, 11) is 0. The maximum absolute atomic E-state index is 11.1. The summed E-state index contributed by atoms with van der Waals surface area (Å²) in [6.45, 7) is -0.421. The Morgan fingerprint density at radius 3 is 2.85 bits per heavy atom. The van der Waals surface area contributed by atoms with E-state index in [0.29, 0.717) is 5.75 Å². The lowest BCUT2D eigenvalue weighted by atomic mass is 10.3. The van der Waals surface area contributed by atoms with Gasteiger partial charge in [0.25, 0.3) is 5.24 Å². The fraction of sp³-hybridized carbons (Fsp3) is 0.500. The Kier molecular flexibility index (Phi) is 3.13. The molecular formula is C6H8N2O4S. The second kappa shape index (κ2) is 4.13. The van der Waals surface area contributed by atoms with Crippen LogP contribution >= 0.6 is 11.8 Å². The summed E-state index contributed by atoms with van der Waals surface area (Å²) >= 11 is 1.01. The van der Waals surface area contributed by atoms with Crippen molar-refractivity contribution in [3.63, 3.8) is 0 Å². The van der Waals surface area contributed by atoms with Gasteiger partial charge in [-0.25, -0.2) is 0 Å². The van der Waals surface area contributed by atoms with Crippen molar-refractivity contribution < 1.29 is 19.5 Å². The van der Waals surface area contributed by atoms with E-state index in [0.717, 1.165) is 11.8 Å². The molecule has 3 N–H and O–H groups in total. The van der Waals surface area contributed by atoms with Gasteiger partial charge in [-0.1, -0.05) is 11.8 Å². The zero-order valence-corrected chi connectivity index (χ0v) is 7.39. The van der Waals surface area contributed by atoms with E-state index in [2.05, 4.69) is 10.6 Å². The molecule has 1 rings (SSSR count). The van der Waals surface area contributed by atoms with Gasteiger partial charge in [-0.3, -0.25) is 14.4 Å². The Labute approximate surface area is 78.1 Å². The SMILES string of the molecule is O=C(O)CNC(=O)C1CSC(=O)N1. The zero-order valence-electron chi connectivity index (χ0n) is 6.57. The van der Waals surface area contributed by atoms with Crippen molar-refractivity contribution in [3.8, 4) is 0 Å². The smallest absolute Gasteiger partial charge is 0.322 e. The molecule has 1 unspecified atom stereocenters. The third-order valence-electron chi connectivity index (χ3n) is 1.40. The summed E-state index contributed by atoms with van der Waals surface area (Å²) in [5.41, 5.74) is 0. The molecule has 0 radical (unpaired) electrons. The van der Waals surface area contributed by atoms with Crippen LogP contribution in [-0.4, -0.2) is 40.6 Å². The first-order valence-electron chi connectivity index (χ1n) is 3.52. The minimum Gasteiger partial charge on any atom is -0.480 e. The number of carboxylic acid groups (broad SMARTS) is 1. The van der Waals surface area contributed by atoms with Gasteiger partial charge in [0.05, 0.1) is 0 Å². The highest BCUT2D eigenvalue weighted by Gasteiger charge is 2.27. The summed E-state index contributed by atoms with van der Waals surface area (Å²) in [5, 5.41) is 12.6. The Balaban J connectivity index is 2.31. The summed E-state index contributed by atoms with van der Waals surface area (Å²) in [5.74, 6) is -1.21. The molecule has 0 aliphatic carbocycles. The van der Waals surface area contributed by atoms with Gasteiger partial charge < -0.3 is 15.7 Å². The van der Waals surface area contributed by atoms with E-state index in [1.165, 1.54) is 0 Å². The molecule has 72 valence electrons. The predicted octanol–water partition coefficient (Wildman–Crippen LogP) is -0.988. The van der Waals surface area contributed by atoms with Crippen LogP contribution in [0.3, 0.4) is 0 Å². The van der Waals surface area contributed by atoms with Gasteiger partial charge in [-0.05, 0) is 0 Å². The second-order valence-electron chi connectivity index (χ2n) is 2.41. The van der Waals surface area contributed by atoms with Crippen molar-refractivity contribution in [1.29, 1.82) is 0 Å². The van der Waals surface area contributed by atoms with Crippen molar-refractivity contribution in [3.05, 3.63) is 0 Å². The molecule has 0 saturated carbocycles. The molecule has 1 aliphatic heterocycles. The highest BCUT2D eigenvalue weighted by Crippen LogP contribution is 2.12. The number of amides is 2. The molecular weight excluding hydrogens is 196 g/mol. The van der Waals surface area contributed by atoms with E-state index in [1.807, 2.05) is 0 Å². The van der Waals surface area contributed by atoms with Crippen molar-refractivity contribution >= 4 is 28.9 Å². The molecule has 1 fully saturated rings. The maximum Gasteiger partial charge on any atom is 0.322 e. The van der Waals surface area contributed by atoms with Crippen LogP contribution < -0.4 is 10.6 Å². The lowest BCUT2D eigenvalue weighted by Crippen LogP contribution is -2.44. The van der Waals surface area contributed by atoms with Crippen LogP contribution in [0.15, 0.2) is 0 Å². The van der Waals surface area contributed by atoms with Crippen LogP contribution in [0, 0.1) is 0 Å². The lowest BCUT2D eigenvalue weighted by molar-refractivity contribution is -0.138. The number of hydrogen-bond acceptors (Lipinski definition) is 4. The summed E-state index contributed by atoms with van der Waals surface area (Å²) < 4.78 is 0. The number of hydrogen-bond donors (Lipinski definition) is 3. The number of thioether (sulfide) groups is 1. The summed E-state index contributed by atoms with van der Waals surface area (Å²) in [6, 6.07) is -0.600. The topological polar surface area (TPSA) is 95.5 Å². The Bertz CT molecular complexity index is 255. The van der Waals surface area contributed by atoms with Gasteiger partial charge in [0, 0.05) is 5.75 Å². The Morgan fingerprint density at radius 1 is 1.69 bits per heavy atom. The largest absolute Gasteiger partial charge is 0.480 e. The van der Waals surface area contributed by atoms with Gasteiger partial charge in [-0.15, -0.1) is 0 Å².